The standard InChI is InChI=1S/C12H16BrNO/c1-2-12-11(13)7-10(8-15)14(12)9-5-3-4-6-9/h7-9H,2-6H2,1H3. The minimum absolute atomic E-state index is 0.548. The Balaban J connectivity index is 2.45. The highest BCUT2D eigenvalue weighted by molar-refractivity contribution is 9.10. The lowest BCUT2D eigenvalue weighted by molar-refractivity contribution is 0.111. The monoisotopic (exact) mass is 269 g/mol. The van der Waals surface area contributed by atoms with Gasteiger partial charge < -0.3 is 4.57 Å². The van der Waals surface area contributed by atoms with E-state index in [1.165, 1.54) is 31.4 Å². The molecule has 0 atom stereocenters. The number of aromatic nitrogens is 1. The molecule has 2 nitrogen and oxygen atoms in total. The molecule has 0 saturated heterocycles. The van der Waals surface area contributed by atoms with Gasteiger partial charge in [-0.25, -0.2) is 0 Å². The molecule has 3 heteroatoms. The summed E-state index contributed by atoms with van der Waals surface area (Å²) in [5.41, 5.74) is 2.09. The molecule has 82 valence electrons. The van der Waals surface area contributed by atoms with Gasteiger partial charge in [-0.2, -0.15) is 0 Å². The van der Waals surface area contributed by atoms with Crippen molar-refractivity contribution in [1.29, 1.82) is 0 Å². The van der Waals surface area contributed by atoms with Crippen molar-refractivity contribution >= 4 is 22.2 Å². The summed E-state index contributed by atoms with van der Waals surface area (Å²) in [7, 11) is 0. The van der Waals surface area contributed by atoms with Crippen LogP contribution in [0.25, 0.3) is 0 Å². The number of nitrogens with zero attached hydrogens (tertiary/aromatic N) is 1. The van der Waals surface area contributed by atoms with E-state index in [0.717, 1.165) is 22.9 Å². The smallest absolute Gasteiger partial charge is 0.166 e. The van der Waals surface area contributed by atoms with E-state index in [-0.39, 0.29) is 0 Å². The molecule has 0 N–H and O–H groups in total. The Bertz CT molecular complexity index is 364. The normalized spacial score (nSPS) is 17.2. The zero-order chi connectivity index (χ0) is 10.8. The van der Waals surface area contributed by atoms with Crippen LogP contribution in [-0.4, -0.2) is 10.9 Å². The number of carbonyl (C=O) groups is 1. The quantitative estimate of drug-likeness (QED) is 0.767. The lowest BCUT2D eigenvalue weighted by Gasteiger charge is -2.17. The Kier molecular flexibility index (Phi) is 3.29. The first kappa shape index (κ1) is 10.9. The number of aldehydes is 1. The molecule has 0 bridgehead atoms. The highest BCUT2D eigenvalue weighted by Crippen LogP contribution is 2.34. The van der Waals surface area contributed by atoms with Crippen molar-refractivity contribution < 1.29 is 4.79 Å². The maximum Gasteiger partial charge on any atom is 0.166 e. The highest BCUT2D eigenvalue weighted by atomic mass is 79.9. The van der Waals surface area contributed by atoms with Crippen molar-refractivity contribution in [2.75, 3.05) is 0 Å². The van der Waals surface area contributed by atoms with Crippen LogP contribution in [0.1, 0.15) is 54.8 Å². The van der Waals surface area contributed by atoms with E-state index in [9.17, 15) is 4.79 Å². The van der Waals surface area contributed by atoms with E-state index >= 15 is 0 Å². The fourth-order valence-electron chi connectivity index (χ4n) is 2.58. The number of carbonyl (C=O) groups excluding carboxylic acids is 1. The van der Waals surface area contributed by atoms with E-state index < -0.39 is 0 Å². The van der Waals surface area contributed by atoms with Gasteiger partial charge in [0.1, 0.15) is 0 Å². The zero-order valence-corrected chi connectivity index (χ0v) is 10.6. The van der Waals surface area contributed by atoms with E-state index in [1.54, 1.807) is 0 Å². The maximum atomic E-state index is 11.0. The van der Waals surface area contributed by atoms with Crippen LogP contribution in [0.5, 0.6) is 0 Å². The summed E-state index contributed by atoms with van der Waals surface area (Å²) < 4.78 is 3.32. The minimum Gasteiger partial charge on any atom is -0.338 e. The third-order valence-electron chi connectivity index (χ3n) is 3.26. The molecule has 1 heterocycles. The van der Waals surface area contributed by atoms with Crippen molar-refractivity contribution in [1.82, 2.24) is 4.57 Å². The molecule has 1 aromatic rings. The molecule has 1 fully saturated rings. The Hall–Kier alpha value is -0.570. The van der Waals surface area contributed by atoms with Gasteiger partial charge >= 0.3 is 0 Å². The molecule has 0 radical (unpaired) electrons. The summed E-state index contributed by atoms with van der Waals surface area (Å²) in [5, 5.41) is 0. The van der Waals surface area contributed by atoms with Gasteiger partial charge in [-0.15, -0.1) is 0 Å². The summed E-state index contributed by atoms with van der Waals surface area (Å²) in [4.78, 5) is 11.0. The van der Waals surface area contributed by atoms with Crippen molar-refractivity contribution in [3.05, 3.63) is 21.9 Å². The molecule has 1 saturated carbocycles. The lowest BCUT2D eigenvalue weighted by Crippen LogP contribution is -2.11. The first-order valence-corrected chi connectivity index (χ1v) is 6.42. The molecular weight excluding hydrogens is 254 g/mol. The SMILES string of the molecule is CCc1c(Br)cc(C=O)n1C1CCCC1. The van der Waals surface area contributed by atoms with E-state index in [0.29, 0.717) is 6.04 Å². The Morgan fingerprint density at radius 1 is 1.53 bits per heavy atom. The van der Waals surface area contributed by atoms with Gasteiger partial charge in [-0.05, 0) is 41.3 Å². The molecule has 0 aliphatic heterocycles. The predicted molar refractivity (Wildman–Crippen MR) is 64.4 cm³/mol. The van der Waals surface area contributed by atoms with Crippen LogP contribution in [0.3, 0.4) is 0 Å². The van der Waals surface area contributed by atoms with Crippen LogP contribution in [0, 0.1) is 0 Å². The minimum atomic E-state index is 0.548. The van der Waals surface area contributed by atoms with E-state index in [1.807, 2.05) is 6.07 Å². The predicted octanol–water partition coefficient (Wildman–Crippen LogP) is 3.74. The fourth-order valence-corrected chi connectivity index (χ4v) is 3.28. The Labute approximate surface area is 98.8 Å². The van der Waals surface area contributed by atoms with Crippen LogP contribution in [0.2, 0.25) is 0 Å². The number of hydrogen-bond acceptors (Lipinski definition) is 1. The van der Waals surface area contributed by atoms with Crippen molar-refractivity contribution in [2.24, 2.45) is 0 Å². The fraction of sp³-hybridized carbons (Fsp3) is 0.583. The van der Waals surface area contributed by atoms with E-state index in [2.05, 4.69) is 27.4 Å². The molecule has 1 aliphatic carbocycles. The second kappa shape index (κ2) is 4.52. The van der Waals surface area contributed by atoms with Crippen LogP contribution in [0.15, 0.2) is 10.5 Å². The summed E-state index contributed by atoms with van der Waals surface area (Å²) in [6, 6.07) is 2.50. The first-order chi connectivity index (χ1) is 7.27. The van der Waals surface area contributed by atoms with Crippen LogP contribution < -0.4 is 0 Å². The lowest BCUT2D eigenvalue weighted by atomic mass is 10.2. The molecule has 1 aliphatic rings. The summed E-state index contributed by atoms with van der Waals surface area (Å²) in [6.07, 6.45) is 6.97. The van der Waals surface area contributed by atoms with Gasteiger partial charge in [0, 0.05) is 16.2 Å². The third-order valence-corrected chi connectivity index (χ3v) is 3.95. The topological polar surface area (TPSA) is 22.0 Å². The van der Waals surface area contributed by atoms with Gasteiger partial charge in [-0.1, -0.05) is 19.8 Å². The molecule has 15 heavy (non-hydrogen) atoms. The summed E-state index contributed by atoms with van der Waals surface area (Å²) >= 11 is 3.54. The van der Waals surface area contributed by atoms with Crippen LogP contribution in [0.4, 0.5) is 0 Å². The Morgan fingerprint density at radius 2 is 2.20 bits per heavy atom. The van der Waals surface area contributed by atoms with Gasteiger partial charge in [-0.3, -0.25) is 4.79 Å². The highest BCUT2D eigenvalue weighted by Gasteiger charge is 2.22. The maximum absolute atomic E-state index is 11.0. The number of rotatable bonds is 3. The second-order valence-corrected chi connectivity index (χ2v) is 5.00. The van der Waals surface area contributed by atoms with Crippen LogP contribution in [-0.2, 0) is 6.42 Å². The van der Waals surface area contributed by atoms with Gasteiger partial charge in [0.15, 0.2) is 6.29 Å². The largest absolute Gasteiger partial charge is 0.338 e. The number of halogens is 1. The second-order valence-electron chi connectivity index (χ2n) is 4.14. The van der Waals surface area contributed by atoms with Crippen molar-refractivity contribution in [3.63, 3.8) is 0 Å². The molecule has 0 amide bonds. The van der Waals surface area contributed by atoms with Gasteiger partial charge in [0.2, 0.25) is 0 Å². The summed E-state index contributed by atoms with van der Waals surface area (Å²) in [6.45, 7) is 2.14. The molecule has 2 rings (SSSR count). The number of hydrogen-bond donors (Lipinski definition) is 0. The zero-order valence-electron chi connectivity index (χ0n) is 9.00. The average molecular weight is 270 g/mol. The molecule has 0 aromatic carbocycles. The summed E-state index contributed by atoms with van der Waals surface area (Å²) in [5.74, 6) is 0. The van der Waals surface area contributed by atoms with Crippen molar-refractivity contribution in [2.45, 2.75) is 45.1 Å². The van der Waals surface area contributed by atoms with Crippen LogP contribution >= 0.6 is 15.9 Å². The molecule has 1 aromatic heterocycles. The molecule has 0 spiro atoms. The molecule has 0 unspecified atom stereocenters. The van der Waals surface area contributed by atoms with Crippen molar-refractivity contribution in [3.8, 4) is 0 Å². The third kappa shape index (κ3) is 1.89. The van der Waals surface area contributed by atoms with E-state index in [4.69, 9.17) is 0 Å². The average Bonchev–Trinajstić information content (AvgIpc) is 2.83. The van der Waals surface area contributed by atoms with Gasteiger partial charge in [0.25, 0.3) is 0 Å². The molecular formula is C12H16BrNO. The van der Waals surface area contributed by atoms with Gasteiger partial charge in [0.05, 0.1) is 5.69 Å². The first-order valence-electron chi connectivity index (χ1n) is 5.62. The Morgan fingerprint density at radius 3 is 2.73 bits per heavy atom.